The number of halogens is 2. The Hall–Kier alpha value is -1.76. The van der Waals surface area contributed by atoms with Crippen LogP contribution in [-0.2, 0) is 6.54 Å². The third kappa shape index (κ3) is 3.12. The van der Waals surface area contributed by atoms with Crippen LogP contribution in [0.4, 0.5) is 0 Å². The summed E-state index contributed by atoms with van der Waals surface area (Å²) in [4.78, 5) is 16.5. The van der Waals surface area contributed by atoms with E-state index in [1.165, 1.54) is 17.4 Å². The summed E-state index contributed by atoms with van der Waals surface area (Å²) in [5.74, 6) is -0.365. The standard InChI is InChI=1S/C13H8Cl2N4OS/c14-10-5-7(12(15)19-18-10)13(20)16-6-11-17-8-3-1-2-4-9(8)21-11/h1-5H,6H2,(H,16,20). The summed E-state index contributed by atoms with van der Waals surface area (Å²) in [6.07, 6.45) is 0. The van der Waals surface area contributed by atoms with Crippen LogP contribution in [0.1, 0.15) is 15.4 Å². The molecule has 0 fully saturated rings. The van der Waals surface area contributed by atoms with Crippen molar-refractivity contribution in [2.45, 2.75) is 6.54 Å². The average Bonchev–Trinajstić information content (AvgIpc) is 2.90. The zero-order valence-corrected chi connectivity index (χ0v) is 12.8. The molecular formula is C13H8Cl2N4OS. The predicted molar refractivity (Wildman–Crippen MR) is 82.8 cm³/mol. The maximum absolute atomic E-state index is 12.1. The second-order valence-corrected chi connectivity index (χ2v) is 5.99. The summed E-state index contributed by atoms with van der Waals surface area (Å²) in [6, 6.07) is 9.18. The summed E-state index contributed by atoms with van der Waals surface area (Å²) in [5, 5.41) is 10.8. The average molecular weight is 339 g/mol. The van der Waals surface area contributed by atoms with Crippen LogP contribution in [0.2, 0.25) is 10.3 Å². The number of nitrogens with one attached hydrogen (secondary N) is 1. The summed E-state index contributed by atoms with van der Waals surface area (Å²) >= 11 is 13.1. The molecule has 8 heteroatoms. The van der Waals surface area contributed by atoms with Gasteiger partial charge in [-0.2, -0.15) is 0 Å². The van der Waals surface area contributed by atoms with Gasteiger partial charge >= 0.3 is 0 Å². The molecule has 1 amide bonds. The van der Waals surface area contributed by atoms with Crippen molar-refractivity contribution in [3.63, 3.8) is 0 Å². The molecule has 2 heterocycles. The number of thiazole rings is 1. The van der Waals surface area contributed by atoms with Gasteiger partial charge < -0.3 is 5.32 Å². The Morgan fingerprint density at radius 2 is 2.05 bits per heavy atom. The molecule has 0 bridgehead atoms. The lowest BCUT2D eigenvalue weighted by molar-refractivity contribution is 0.0950. The third-order valence-corrected chi connectivity index (χ3v) is 4.20. The fourth-order valence-electron chi connectivity index (χ4n) is 1.76. The van der Waals surface area contributed by atoms with E-state index < -0.39 is 0 Å². The van der Waals surface area contributed by atoms with Gasteiger partial charge in [-0.15, -0.1) is 21.5 Å². The van der Waals surface area contributed by atoms with Crippen LogP contribution < -0.4 is 5.32 Å². The molecule has 0 aliphatic rings. The maximum Gasteiger partial charge on any atom is 0.254 e. The van der Waals surface area contributed by atoms with Gasteiger partial charge in [0.05, 0.1) is 22.3 Å². The lowest BCUT2D eigenvalue weighted by Crippen LogP contribution is -2.23. The Kier molecular flexibility index (Phi) is 4.01. The summed E-state index contributed by atoms with van der Waals surface area (Å²) in [6.45, 7) is 0.314. The van der Waals surface area contributed by atoms with Crippen LogP contribution in [0.5, 0.6) is 0 Å². The molecule has 106 valence electrons. The quantitative estimate of drug-likeness (QED) is 0.795. The van der Waals surface area contributed by atoms with E-state index in [-0.39, 0.29) is 21.8 Å². The molecule has 0 saturated heterocycles. The minimum absolute atomic E-state index is 0.0150. The van der Waals surface area contributed by atoms with Gasteiger partial charge in [0, 0.05) is 0 Å². The molecule has 0 saturated carbocycles. The van der Waals surface area contributed by atoms with Crippen molar-refractivity contribution in [2.75, 3.05) is 0 Å². The molecule has 1 aromatic carbocycles. The fourth-order valence-corrected chi connectivity index (χ4v) is 2.99. The highest BCUT2D eigenvalue weighted by molar-refractivity contribution is 7.18. The predicted octanol–water partition coefficient (Wildman–Crippen LogP) is 3.32. The van der Waals surface area contributed by atoms with Crippen molar-refractivity contribution in [3.05, 3.63) is 51.2 Å². The highest BCUT2D eigenvalue weighted by Gasteiger charge is 2.13. The molecule has 21 heavy (non-hydrogen) atoms. The minimum Gasteiger partial charge on any atom is -0.345 e. The van der Waals surface area contributed by atoms with Crippen LogP contribution in [0.3, 0.4) is 0 Å². The summed E-state index contributed by atoms with van der Waals surface area (Å²) < 4.78 is 1.08. The number of rotatable bonds is 3. The molecule has 2 aromatic heterocycles. The van der Waals surface area contributed by atoms with E-state index in [9.17, 15) is 4.79 Å². The SMILES string of the molecule is O=C(NCc1nc2ccccc2s1)c1cc(Cl)nnc1Cl. The van der Waals surface area contributed by atoms with Gasteiger partial charge in [-0.3, -0.25) is 4.79 Å². The summed E-state index contributed by atoms with van der Waals surface area (Å²) in [5.41, 5.74) is 1.11. The lowest BCUT2D eigenvalue weighted by Gasteiger charge is -2.04. The number of aromatic nitrogens is 3. The molecule has 0 aliphatic heterocycles. The van der Waals surface area contributed by atoms with Crippen LogP contribution in [0.25, 0.3) is 10.2 Å². The monoisotopic (exact) mass is 338 g/mol. The molecule has 0 spiro atoms. The number of hydrogen-bond acceptors (Lipinski definition) is 5. The first-order valence-corrected chi connectivity index (χ1v) is 7.52. The second-order valence-electron chi connectivity index (χ2n) is 4.13. The molecule has 5 nitrogen and oxygen atoms in total. The molecule has 0 radical (unpaired) electrons. The van der Waals surface area contributed by atoms with Crippen LogP contribution in [-0.4, -0.2) is 21.1 Å². The van der Waals surface area contributed by atoms with Gasteiger partial charge in [0.25, 0.3) is 5.91 Å². The van der Waals surface area contributed by atoms with Crippen LogP contribution >= 0.6 is 34.5 Å². The Morgan fingerprint density at radius 3 is 2.86 bits per heavy atom. The number of fused-ring (bicyclic) bond motifs is 1. The van der Waals surface area contributed by atoms with E-state index in [0.717, 1.165) is 15.2 Å². The maximum atomic E-state index is 12.1. The van der Waals surface area contributed by atoms with E-state index in [0.29, 0.717) is 6.54 Å². The molecular weight excluding hydrogens is 331 g/mol. The zero-order valence-electron chi connectivity index (χ0n) is 10.5. The second kappa shape index (κ2) is 5.93. The lowest BCUT2D eigenvalue weighted by atomic mass is 10.3. The van der Waals surface area contributed by atoms with Crippen molar-refractivity contribution in [3.8, 4) is 0 Å². The number of carbonyl (C=O) groups is 1. The van der Waals surface area contributed by atoms with E-state index in [2.05, 4.69) is 20.5 Å². The fraction of sp³-hybridized carbons (Fsp3) is 0.0769. The van der Waals surface area contributed by atoms with Gasteiger partial charge in [-0.25, -0.2) is 4.98 Å². The molecule has 0 aliphatic carbocycles. The van der Waals surface area contributed by atoms with E-state index >= 15 is 0 Å². The molecule has 0 unspecified atom stereocenters. The molecule has 3 rings (SSSR count). The number of para-hydroxylation sites is 1. The van der Waals surface area contributed by atoms with Crippen molar-refractivity contribution in [1.82, 2.24) is 20.5 Å². The van der Waals surface area contributed by atoms with E-state index in [1.54, 1.807) is 0 Å². The number of hydrogen-bond donors (Lipinski definition) is 1. The van der Waals surface area contributed by atoms with Crippen LogP contribution in [0.15, 0.2) is 30.3 Å². The van der Waals surface area contributed by atoms with E-state index in [4.69, 9.17) is 23.2 Å². The van der Waals surface area contributed by atoms with Crippen molar-refractivity contribution >= 4 is 50.7 Å². The van der Waals surface area contributed by atoms with Gasteiger partial charge in [0.2, 0.25) is 0 Å². The Labute approximate surface area is 133 Å². The van der Waals surface area contributed by atoms with Gasteiger partial charge in [0.1, 0.15) is 5.01 Å². The molecule has 3 aromatic rings. The highest BCUT2D eigenvalue weighted by Crippen LogP contribution is 2.21. The largest absolute Gasteiger partial charge is 0.345 e. The smallest absolute Gasteiger partial charge is 0.254 e. The first-order valence-electron chi connectivity index (χ1n) is 5.95. The van der Waals surface area contributed by atoms with Crippen molar-refractivity contribution in [1.29, 1.82) is 0 Å². The topological polar surface area (TPSA) is 67.8 Å². The Bertz CT molecular complexity index is 788. The minimum atomic E-state index is -0.365. The number of benzene rings is 1. The first kappa shape index (κ1) is 14.2. The highest BCUT2D eigenvalue weighted by atomic mass is 35.5. The zero-order chi connectivity index (χ0) is 14.8. The van der Waals surface area contributed by atoms with Crippen molar-refractivity contribution in [2.24, 2.45) is 0 Å². The Balaban J connectivity index is 1.74. The molecule has 1 N–H and O–H groups in total. The number of nitrogens with zero attached hydrogens (tertiary/aromatic N) is 3. The van der Waals surface area contributed by atoms with Gasteiger partial charge in [-0.1, -0.05) is 35.3 Å². The van der Waals surface area contributed by atoms with Gasteiger partial charge in [0.15, 0.2) is 10.3 Å². The van der Waals surface area contributed by atoms with E-state index in [1.807, 2.05) is 24.3 Å². The number of amides is 1. The third-order valence-electron chi connectivity index (χ3n) is 2.70. The molecule has 0 atom stereocenters. The van der Waals surface area contributed by atoms with Crippen LogP contribution in [0, 0.1) is 0 Å². The normalized spacial score (nSPS) is 10.8. The number of carbonyl (C=O) groups excluding carboxylic acids is 1. The van der Waals surface area contributed by atoms with Crippen molar-refractivity contribution < 1.29 is 4.79 Å². The summed E-state index contributed by atoms with van der Waals surface area (Å²) in [7, 11) is 0. The first-order chi connectivity index (χ1) is 10.1. The van der Waals surface area contributed by atoms with Gasteiger partial charge in [-0.05, 0) is 18.2 Å². The Morgan fingerprint density at radius 1 is 1.24 bits per heavy atom.